The van der Waals surface area contributed by atoms with Crippen LogP contribution >= 0.6 is 50.4 Å². The number of benzene rings is 1. The molecule has 3 aromatic heterocycles. The van der Waals surface area contributed by atoms with Crippen molar-refractivity contribution in [2.24, 2.45) is 7.05 Å². The fourth-order valence-electron chi connectivity index (χ4n) is 2.39. The van der Waals surface area contributed by atoms with Crippen molar-refractivity contribution >= 4 is 62.0 Å². The van der Waals surface area contributed by atoms with Crippen molar-refractivity contribution in [3.63, 3.8) is 0 Å². The number of rotatable bonds is 5. The molecule has 0 spiro atoms. The van der Waals surface area contributed by atoms with Gasteiger partial charge >= 0.3 is 0 Å². The van der Waals surface area contributed by atoms with E-state index in [1.165, 1.54) is 23.1 Å². The summed E-state index contributed by atoms with van der Waals surface area (Å²) in [5.74, 6) is -0.187. The topological polar surface area (TPSA) is 85.6 Å². The normalized spacial score (nSPS) is 11.0. The fraction of sp³-hybridized carbons (Fsp3) is 0.118. The Hall–Kier alpha value is -2.08. The van der Waals surface area contributed by atoms with Crippen LogP contribution in [-0.2, 0) is 7.05 Å². The number of amides is 1. The third kappa shape index (κ3) is 4.02. The van der Waals surface area contributed by atoms with Gasteiger partial charge in [0.15, 0.2) is 0 Å². The molecule has 4 aromatic rings. The van der Waals surface area contributed by atoms with E-state index in [0.29, 0.717) is 21.4 Å². The lowest BCUT2D eigenvalue weighted by Crippen LogP contribution is -2.12. The summed E-state index contributed by atoms with van der Waals surface area (Å²) < 4.78 is 2.45. The smallest absolute Gasteiger partial charge is 0.267 e. The Morgan fingerprint density at radius 1 is 1.32 bits per heavy atom. The van der Waals surface area contributed by atoms with Crippen LogP contribution in [0.1, 0.15) is 15.4 Å². The standard InChI is InChI=1S/C17H13BrN6OS3/c1-9-14(28-16(19-9)10-5-6-26-8-10)15(25)20-12-7-11(18)3-4-13(12)27-17-21-22-23-24(17)2/h3-8H,1-2H3,(H,20,25). The van der Waals surface area contributed by atoms with Crippen LogP contribution in [0.4, 0.5) is 5.69 Å². The number of halogens is 1. The average molecular weight is 493 g/mol. The van der Waals surface area contributed by atoms with Gasteiger partial charge in [0.05, 0.1) is 11.4 Å². The number of hydrogen-bond donors (Lipinski definition) is 1. The lowest BCUT2D eigenvalue weighted by molar-refractivity contribution is 0.102. The molecule has 1 amide bonds. The first kappa shape index (κ1) is 19.2. The van der Waals surface area contributed by atoms with Gasteiger partial charge in [-0.15, -0.1) is 16.4 Å². The van der Waals surface area contributed by atoms with Crippen molar-refractivity contribution in [1.29, 1.82) is 0 Å². The number of nitrogens with one attached hydrogen (secondary N) is 1. The second-order valence-corrected chi connectivity index (χ2v) is 9.43. The van der Waals surface area contributed by atoms with E-state index in [0.717, 1.165) is 19.9 Å². The number of aromatic nitrogens is 5. The molecule has 11 heteroatoms. The number of carbonyl (C=O) groups is 1. The maximum absolute atomic E-state index is 12.9. The highest BCUT2D eigenvalue weighted by Gasteiger charge is 2.19. The summed E-state index contributed by atoms with van der Waals surface area (Å²) in [6.45, 7) is 1.85. The molecule has 0 atom stereocenters. The first-order valence-electron chi connectivity index (χ1n) is 8.02. The van der Waals surface area contributed by atoms with Crippen molar-refractivity contribution < 1.29 is 4.79 Å². The van der Waals surface area contributed by atoms with E-state index in [2.05, 4.69) is 41.8 Å². The SMILES string of the molecule is Cc1nc(-c2ccsc2)sc1C(=O)Nc1cc(Br)ccc1Sc1nnnn1C. The molecule has 0 saturated heterocycles. The third-order valence-electron chi connectivity index (χ3n) is 3.74. The summed E-state index contributed by atoms with van der Waals surface area (Å²) in [6.07, 6.45) is 0. The van der Waals surface area contributed by atoms with E-state index in [1.54, 1.807) is 23.1 Å². The Morgan fingerprint density at radius 3 is 2.89 bits per heavy atom. The van der Waals surface area contributed by atoms with Crippen LogP contribution in [0.2, 0.25) is 0 Å². The number of carbonyl (C=O) groups excluding carboxylic acids is 1. The second-order valence-electron chi connectivity index (χ2n) is 5.73. The molecule has 0 bridgehead atoms. The van der Waals surface area contributed by atoms with Crippen LogP contribution in [0.25, 0.3) is 10.6 Å². The van der Waals surface area contributed by atoms with Crippen molar-refractivity contribution in [1.82, 2.24) is 25.2 Å². The Kier molecular flexibility index (Phi) is 5.58. The first-order chi connectivity index (χ1) is 13.5. The quantitative estimate of drug-likeness (QED) is 0.427. The molecule has 0 fully saturated rings. The molecule has 0 radical (unpaired) electrons. The minimum absolute atomic E-state index is 0.187. The maximum atomic E-state index is 12.9. The van der Waals surface area contributed by atoms with E-state index in [9.17, 15) is 4.79 Å². The highest BCUT2D eigenvalue weighted by atomic mass is 79.9. The molecule has 0 unspecified atom stereocenters. The molecular weight excluding hydrogens is 480 g/mol. The minimum atomic E-state index is -0.187. The van der Waals surface area contributed by atoms with Crippen molar-refractivity contribution in [2.45, 2.75) is 17.0 Å². The second kappa shape index (κ2) is 8.11. The summed E-state index contributed by atoms with van der Waals surface area (Å²) in [5, 5.41) is 20.0. The van der Waals surface area contributed by atoms with Crippen molar-refractivity contribution in [3.8, 4) is 10.6 Å². The zero-order valence-electron chi connectivity index (χ0n) is 14.7. The van der Waals surface area contributed by atoms with Gasteiger partial charge in [-0.3, -0.25) is 4.79 Å². The third-order valence-corrected chi connectivity index (χ3v) is 7.23. The molecule has 3 heterocycles. The zero-order chi connectivity index (χ0) is 19.7. The average Bonchev–Trinajstić information content (AvgIpc) is 3.39. The monoisotopic (exact) mass is 492 g/mol. The van der Waals surface area contributed by atoms with Crippen LogP contribution in [-0.4, -0.2) is 31.1 Å². The highest BCUT2D eigenvalue weighted by molar-refractivity contribution is 9.10. The number of thiophene rings is 1. The van der Waals surface area contributed by atoms with E-state index in [-0.39, 0.29) is 5.91 Å². The highest BCUT2D eigenvalue weighted by Crippen LogP contribution is 2.35. The van der Waals surface area contributed by atoms with E-state index in [4.69, 9.17) is 0 Å². The predicted octanol–water partition coefficient (Wildman–Crippen LogP) is 4.87. The van der Waals surface area contributed by atoms with Gasteiger partial charge in [-0.2, -0.15) is 11.3 Å². The Balaban J connectivity index is 1.61. The van der Waals surface area contributed by atoms with E-state index < -0.39 is 0 Å². The van der Waals surface area contributed by atoms with Crippen LogP contribution < -0.4 is 5.32 Å². The molecule has 1 N–H and O–H groups in total. The Bertz CT molecular complexity index is 1140. The van der Waals surface area contributed by atoms with Crippen LogP contribution in [0, 0.1) is 6.92 Å². The number of anilines is 1. The Labute approximate surface area is 181 Å². The molecular formula is C17H13BrN6OS3. The Morgan fingerprint density at radius 2 is 2.18 bits per heavy atom. The van der Waals surface area contributed by atoms with Gasteiger partial charge in [0.1, 0.15) is 9.88 Å². The molecule has 0 aliphatic rings. The molecule has 4 rings (SSSR count). The number of hydrogen-bond acceptors (Lipinski definition) is 8. The van der Waals surface area contributed by atoms with Crippen molar-refractivity contribution in [2.75, 3.05) is 5.32 Å². The zero-order valence-corrected chi connectivity index (χ0v) is 18.7. The summed E-state index contributed by atoms with van der Waals surface area (Å²) >= 11 is 7.84. The number of thiazole rings is 1. The van der Waals surface area contributed by atoms with Crippen LogP contribution in [0.3, 0.4) is 0 Å². The lowest BCUT2D eigenvalue weighted by Gasteiger charge is -2.10. The summed E-state index contributed by atoms with van der Waals surface area (Å²) in [5.41, 5.74) is 2.42. The molecule has 0 saturated carbocycles. The van der Waals surface area contributed by atoms with E-state index in [1.807, 2.05) is 41.9 Å². The first-order valence-corrected chi connectivity index (χ1v) is 11.4. The van der Waals surface area contributed by atoms with Gasteiger partial charge in [-0.1, -0.05) is 15.9 Å². The van der Waals surface area contributed by atoms with Gasteiger partial charge < -0.3 is 5.32 Å². The number of nitrogens with zero attached hydrogens (tertiary/aromatic N) is 5. The van der Waals surface area contributed by atoms with Gasteiger partial charge in [0.25, 0.3) is 5.91 Å². The molecule has 0 aliphatic carbocycles. The predicted molar refractivity (Wildman–Crippen MR) is 115 cm³/mol. The van der Waals surface area contributed by atoms with Crippen molar-refractivity contribution in [3.05, 3.63) is 50.1 Å². The largest absolute Gasteiger partial charge is 0.320 e. The summed E-state index contributed by atoms with van der Waals surface area (Å²) in [4.78, 5) is 18.9. The van der Waals surface area contributed by atoms with E-state index >= 15 is 0 Å². The molecule has 142 valence electrons. The number of aryl methyl sites for hydroxylation is 2. The summed E-state index contributed by atoms with van der Waals surface area (Å²) in [7, 11) is 1.77. The minimum Gasteiger partial charge on any atom is -0.320 e. The van der Waals surface area contributed by atoms with Gasteiger partial charge in [0.2, 0.25) is 5.16 Å². The molecule has 1 aromatic carbocycles. The summed E-state index contributed by atoms with van der Waals surface area (Å²) in [6, 6.07) is 7.69. The molecule has 7 nitrogen and oxygen atoms in total. The van der Waals surface area contributed by atoms with Gasteiger partial charge in [-0.05, 0) is 58.8 Å². The molecule has 28 heavy (non-hydrogen) atoms. The maximum Gasteiger partial charge on any atom is 0.267 e. The van der Waals surface area contributed by atoms with Gasteiger partial charge in [0, 0.05) is 27.4 Å². The molecule has 0 aliphatic heterocycles. The van der Waals surface area contributed by atoms with Crippen LogP contribution in [0.15, 0.2) is 49.6 Å². The lowest BCUT2D eigenvalue weighted by atomic mass is 10.3. The fourth-order valence-corrected chi connectivity index (χ4v) is 5.22. The number of tetrazole rings is 1. The van der Waals surface area contributed by atoms with Gasteiger partial charge in [-0.25, -0.2) is 9.67 Å². The van der Waals surface area contributed by atoms with Crippen LogP contribution in [0.5, 0.6) is 0 Å².